The third kappa shape index (κ3) is 2.31. The van der Waals surface area contributed by atoms with Crippen molar-refractivity contribution in [3.8, 4) is 17.0 Å². The van der Waals surface area contributed by atoms with Crippen LogP contribution in [0.1, 0.15) is 17.4 Å². The Labute approximate surface area is 114 Å². The van der Waals surface area contributed by atoms with Gasteiger partial charge in [0.15, 0.2) is 5.78 Å². The first-order chi connectivity index (χ1) is 8.52. The molecule has 0 unspecified atom stereocenters. The molecule has 4 nitrogen and oxygen atoms in total. The molecule has 0 aliphatic carbocycles. The van der Waals surface area contributed by atoms with Crippen molar-refractivity contribution in [2.75, 3.05) is 7.11 Å². The number of ether oxygens (including phenoxy) is 1. The molecule has 1 aromatic heterocycles. The minimum Gasteiger partial charge on any atom is -0.496 e. The number of benzene rings is 1. The number of carbonyl (C=O) groups excluding carboxylic acids is 1. The first kappa shape index (κ1) is 12.8. The van der Waals surface area contributed by atoms with E-state index in [9.17, 15) is 4.79 Å². The SMILES string of the molecule is COc1ccc(-c2cc(C(C)=O)nn2C)cc1Br. The van der Waals surface area contributed by atoms with Gasteiger partial charge in [0, 0.05) is 19.5 Å². The van der Waals surface area contributed by atoms with Crippen LogP contribution in [-0.2, 0) is 7.05 Å². The zero-order valence-corrected chi connectivity index (χ0v) is 12.0. The second-order valence-electron chi connectivity index (χ2n) is 3.94. The van der Waals surface area contributed by atoms with Gasteiger partial charge in [0.1, 0.15) is 11.4 Å². The Balaban J connectivity index is 2.48. The topological polar surface area (TPSA) is 44.1 Å². The Bertz CT molecular complexity index is 605. The van der Waals surface area contributed by atoms with Crippen LogP contribution in [0.5, 0.6) is 5.75 Å². The van der Waals surface area contributed by atoms with Gasteiger partial charge in [-0.05, 0) is 40.2 Å². The molecule has 0 aliphatic rings. The van der Waals surface area contributed by atoms with E-state index in [4.69, 9.17) is 4.74 Å². The van der Waals surface area contributed by atoms with Gasteiger partial charge in [-0.1, -0.05) is 0 Å². The van der Waals surface area contributed by atoms with E-state index in [0.29, 0.717) is 5.69 Å². The molecule has 94 valence electrons. The molecule has 18 heavy (non-hydrogen) atoms. The van der Waals surface area contributed by atoms with E-state index in [0.717, 1.165) is 21.5 Å². The Kier molecular flexibility index (Phi) is 3.52. The maximum absolute atomic E-state index is 11.3. The van der Waals surface area contributed by atoms with Gasteiger partial charge in [0.25, 0.3) is 0 Å². The van der Waals surface area contributed by atoms with Crippen LogP contribution in [-0.4, -0.2) is 22.7 Å². The molecule has 2 rings (SSSR count). The number of aromatic nitrogens is 2. The number of halogens is 1. The third-order valence-electron chi connectivity index (χ3n) is 2.69. The number of hydrogen-bond acceptors (Lipinski definition) is 3. The number of rotatable bonds is 3. The van der Waals surface area contributed by atoms with Crippen molar-refractivity contribution in [2.45, 2.75) is 6.92 Å². The lowest BCUT2D eigenvalue weighted by Crippen LogP contribution is -1.97. The van der Waals surface area contributed by atoms with Gasteiger partial charge < -0.3 is 4.74 Å². The van der Waals surface area contributed by atoms with Crippen molar-refractivity contribution in [3.05, 3.63) is 34.4 Å². The van der Waals surface area contributed by atoms with Gasteiger partial charge >= 0.3 is 0 Å². The summed E-state index contributed by atoms with van der Waals surface area (Å²) in [6.45, 7) is 1.51. The van der Waals surface area contributed by atoms with Crippen molar-refractivity contribution in [1.82, 2.24) is 9.78 Å². The highest BCUT2D eigenvalue weighted by Crippen LogP contribution is 2.30. The summed E-state index contributed by atoms with van der Waals surface area (Å²) in [5.41, 5.74) is 2.34. The van der Waals surface area contributed by atoms with Gasteiger partial charge in [0.2, 0.25) is 0 Å². The van der Waals surface area contributed by atoms with E-state index in [-0.39, 0.29) is 5.78 Å². The van der Waals surface area contributed by atoms with Crippen LogP contribution in [0.15, 0.2) is 28.7 Å². The molecule has 0 spiro atoms. The molecular formula is C13H13BrN2O2. The first-order valence-electron chi connectivity index (χ1n) is 5.42. The highest BCUT2D eigenvalue weighted by atomic mass is 79.9. The van der Waals surface area contributed by atoms with Crippen LogP contribution >= 0.6 is 15.9 Å². The van der Waals surface area contributed by atoms with E-state index in [1.807, 2.05) is 25.2 Å². The smallest absolute Gasteiger partial charge is 0.180 e. The summed E-state index contributed by atoms with van der Waals surface area (Å²) < 4.78 is 7.75. The van der Waals surface area contributed by atoms with E-state index in [1.54, 1.807) is 17.9 Å². The standard InChI is InChI=1S/C13H13BrN2O2/c1-8(17)11-7-12(16(2)15-11)9-4-5-13(18-3)10(14)6-9/h4-7H,1-3H3. The van der Waals surface area contributed by atoms with Crippen LogP contribution in [0.3, 0.4) is 0 Å². The second kappa shape index (κ2) is 4.94. The number of carbonyl (C=O) groups is 1. The van der Waals surface area contributed by atoms with Crippen LogP contribution in [0.25, 0.3) is 11.3 Å². The predicted octanol–water partition coefficient (Wildman–Crippen LogP) is 3.06. The number of methoxy groups -OCH3 is 1. The number of Topliss-reactive ketones (excluding diaryl/α,β-unsaturated/α-hetero) is 1. The van der Waals surface area contributed by atoms with Gasteiger partial charge in [-0.15, -0.1) is 0 Å². The predicted molar refractivity (Wildman–Crippen MR) is 72.9 cm³/mol. The minimum absolute atomic E-state index is 0.0376. The molecule has 0 saturated carbocycles. The molecule has 5 heteroatoms. The highest BCUT2D eigenvalue weighted by Gasteiger charge is 2.11. The Morgan fingerprint density at radius 1 is 1.39 bits per heavy atom. The molecular weight excluding hydrogens is 296 g/mol. The summed E-state index contributed by atoms with van der Waals surface area (Å²) >= 11 is 3.44. The van der Waals surface area contributed by atoms with Crippen LogP contribution in [0, 0.1) is 0 Å². The second-order valence-corrected chi connectivity index (χ2v) is 4.80. The average Bonchev–Trinajstić information content (AvgIpc) is 2.71. The lowest BCUT2D eigenvalue weighted by molar-refractivity contribution is 0.101. The van der Waals surface area contributed by atoms with Crippen molar-refractivity contribution >= 4 is 21.7 Å². The molecule has 0 aliphatic heterocycles. The van der Waals surface area contributed by atoms with E-state index < -0.39 is 0 Å². The Hall–Kier alpha value is -1.62. The summed E-state index contributed by atoms with van der Waals surface area (Å²) in [6, 6.07) is 7.54. The summed E-state index contributed by atoms with van der Waals surface area (Å²) in [6.07, 6.45) is 0. The van der Waals surface area contributed by atoms with Crippen molar-refractivity contribution < 1.29 is 9.53 Å². The van der Waals surface area contributed by atoms with Gasteiger partial charge in [-0.2, -0.15) is 5.10 Å². The van der Waals surface area contributed by atoms with Crippen molar-refractivity contribution in [1.29, 1.82) is 0 Å². The fourth-order valence-electron chi connectivity index (χ4n) is 1.74. The molecule has 0 bridgehead atoms. The molecule has 0 amide bonds. The molecule has 0 saturated heterocycles. The van der Waals surface area contributed by atoms with Gasteiger partial charge in [-0.25, -0.2) is 0 Å². The fourth-order valence-corrected chi connectivity index (χ4v) is 2.28. The van der Waals surface area contributed by atoms with Gasteiger partial charge in [-0.3, -0.25) is 9.48 Å². The van der Waals surface area contributed by atoms with E-state index >= 15 is 0 Å². The summed E-state index contributed by atoms with van der Waals surface area (Å²) in [4.78, 5) is 11.3. The third-order valence-corrected chi connectivity index (χ3v) is 3.31. The van der Waals surface area contributed by atoms with Crippen molar-refractivity contribution in [2.24, 2.45) is 7.05 Å². The van der Waals surface area contributed by atoms with Crippen LogP contribution in [0.4, 0.5) is 0 Å². The number of ketones is 1. The summed E-state index contributed by atoms with van der Waals surface area (Å²) in [5.74, 6) is 0.733. The zero-order valence-electron chi connectivity index (χ0n) is 10.4. The van der Waals surface area contributed by atoms with Crippen molar-refractivity contribution in [3.63, 3.8) is 0 Å². The lowest BCUT2D eigenvalue weighted by atomic mass is 10.1. The quantitative estimate of drug-likeness (QED) is 0.819. The first-order valence-corrected chi connectivity index (χ1v) is 6.21. The van der Waals surface area contributed by atoms with E-state index in [1.165, 1.54) is 6.92 Å². The Morgan fingerprint density at radius 3 is 2.61 bits per heavy atom. The minimum atomic E-state index is -0.0376. The molecule has 1 heterocycles. The van der Waals surface area contributed by atoms with E-state index in [2.05, 4.69) is 21.0 Å². The summed E-state index contributed by atoms with van der Waals surface area (Å²) in [7, 11) is 3.44. The molecule has 1 aromatic carbocycles. The normalized spacial score (nSPS) is 10.4. The average molecular weight is 309 g/mol. The van der Waals surface area contributed by atoms with Gasteiger partial charge in [0.05, 0.1) is 17.3 Å². The van der Waals surface area contributed by atoms with Crippen LogP contribution in [0.2, 0.25) is 0 Å². The number of nitrogens with zero attached hydrogens (tertiary/aromatic N) is 2. The maximum atomic E-state index is 11.3. The Morgan fingerprint density at radius 2 is 2.11 bits per heavy atom. The number of aryl methyl sites for hydroxylation is 1. The lowest BCUT2D eigenvalue weighted by Gasteiger charge is -2.06. The fraction of sp³-hybridized carbons (Fsp3) is 0.231. The molecule has 0 radical (unpaired) electrons. The monoisotopic (exact) mass is 308 g/mol. The maximum Gasteiger partial charge on any atom is 0.180 e. The largest absolute Gasteiger partial charge is 0.496 e. The molecule has 0 fully saturated rings. The zero-order chi connectivity index (χ0) is 13.3. The molecule has 0 N–H and O–H groups in total. The summed E-state index contributed by atoms with van der Waals surface area (Å²) in [5, 5.41) is 4.18. The molecule has 2 aromatic rings. The molecule has 0 atom stereocenters. The highest BCUT2D eigenvalue weighted by molar-refractivity contribution is 9.10. The number of hydrogen-bond donors (Lipinski definition) is 0. The van der Waals surface area contributed by atoms with Crippen LogP contribution < -0.4 is 4.74 Å².